The standard InChI is InChI=1S/C12H22N2O/c1-11(5-7-13)6-9-15-10-12-4-3-8-14(12)2/h5-7,12H,3-4,8-10,13H2,1-2H3/b7-5-,11-6-. The zero-order valence-corrected chi connectivity index (χ0v) is 9.78. The molecule has 1 fully saturated rings. The van der Waals surface area contributed by atoms with Gasteiger partial charge in [0, 0.05) is 6.04 Å². The summed E-state index contributed by atoms with van der Waals surface area (Å²) in [5.41, 5.74) is 6.43. The van der Waals surface area contributed by atoms with Crippen molar-refractivity contribution in [3.63, 3.8) is 0 Å². The molecule has 1 heterocycles. The second-order valence-corrected chi connectivity index (χ2v) is 4.12. The largest absolute Gasteiger partial charge is 0.405 e. The van der Waals surface area contributed by atoms with Crippen molar-refractivity contribution < 1.29 is 4.74 Å². The van der Waals surface area contributed by atoms with Crippen molar-refractivity contribution in [1.82, 2.24) is 4.90 Å². The number of likely N-dealkylation sites (N-methyl/N-ethyl adjacent to an activating group) is 1. The van der Waals surface area contributed by atoms with Crippen molar-refractivity contribution in [1.29, 1.82) is 0 Å². The van der Waals surface area contributed by atoms with Crippen molar-refractivity contribution in [2.75, 3.05) is 26.8 Å². The van der Waals surface area contributed by atoms with Crippen LogP contribution in [0.15, 0.2) is 23.9 Å². The summed E-state index contributed by atoms with van der Waals surface area (Å²) in [6.45, 7) is 4.75. The lowest BCUT2D eigenvalue weighted by atomic mass is 10.2. The molecule has 1 aliphatic heterocycles. The minimum absolute atomic E-state index is 0.615. The lowest BCUT2D eigenvalue weighted by molar-refractivity contribution is 0.105. The maximum Gasteiger partial charge on any atom is 0.0653 e. The van der Waals surface area contributed by atoms with Crippen LogP contribution < -0.4 is 5.73 Å². The molecular weight excluding hydrogens is 188 g/mol. The molecule has 1 rings (SSSR count). The van der Waals surface area contributed by atoms with Gasteiger partial charge in [-0.25, -0.2) is 0 Å². The minimum Gasteiger partial charge on any atom is -0.405 e. The third-order valence-corrected chi connectivity index (χ3v) is 2.86. The van der Waals surface area contributed by atoms with E-state index in [-0.39, 0.29) is 0 Å². The first-order valence-corrected chi connectivity index (χ1v) is 5.57. The molecule has 0 bridgehead atoms. The summed E-state index contributed by atoms with van der Waals surface area (Å²) in [5.74, 6) is 0. The SMILES string of the molecule is CC(/C=C\N)=C/COCC1CCCN1C. The van der Waals surface area contributed by atoms with Gasteiger partial charge < -0.3 is 15.4 Å². The molecule has 1 atom stereocenters. The third-order valence-electron chi connectivity index (χ3n) is 2.86. The molecule has 3 heteroatoms. The summed E-state index contributed by atoms with van der Waals surface area (Å²) in [5, 5.41) is 0. The number of allylic oxidation sites excluding steroid dienone is 2. The van der Waals surface area contributed by atoms with E-state index in [1.54, 1.807) is 6.20 Å². The molecule has 1 aliphatic rings. The van der Waals surface area contributed by atoms with Crippen LogP contribution in [0.4, 0.5) is 0 Å². The van der Waals surface area contributed by atoms with Crippen LogP contribution in [0.25, 0.3) is 0 Å². The van der Waals surface area contributed by atoms with Gasteiger partial charge in [-0.05, 0) is 45.6 Å². The number of hydrogen-bond acceptors (Lipinski definition) is 3. The third kappa shape index (κ3) is 4.49. The first-order valence-electron chi connectivity index (χ1n) is 5.57. The minimum atomic E-state index is 0.615. The summed E-state index contributed by atoms with van der Waals surface area (Å²) in [7, 11) is 2.17. The van der Waals surface area contributed by atoms with Crippen LogP contribution in [0.5, 0.6) is 0 Å². The smallest absolute Gasteiger partial charge is 0.0653 e. The fraction of sp³-hybridized carbons (Fsp3) is 0.667. The van der Waals surface area contributed by atoms with Gasteiger partial charge in [-0.3, -0.25) is 0 Å². The Labute approximate surface area is 92.6 Å². The zero-order valence-electron chi connectivity index (χ0n) is 9.78. The van der Waals surface area contributed by atoms with E-state index in [0.29, 0.717) is 12.6 Å². The van der Waals surface area contributed by atoms with E-state index in [0.717, 1.165) is 12.2 Å². The van der Waals surface area contributed by atoms with Crippen molar-refractivity contribution in [3.8, 4) is 0 Å². The quantitative estimate of drug-likeness (QED) is 0.552. The monoisotopic (exact) mass is 210 g/mol. The predicted molar refractivity (Wildman–Crippen MR) is 63.6 cm³/mol. The lowest BCUT2D eigenvalue weighted by Crippen LogP contribution is -2.29. The number of rotatable bonds is 5. The molecule has 0 saturated carbocycles. The molecule has 86 valence electrons. The summed E-state index contributed by atoms with van der Waals surface area (Å²) in [6.07, 6.45) is 8.05. The van der Waals surface area contributed by atoms with Crippen LogP contribution in [0.1, 0.15) is 19.8 Å². The van der Waals surface area contributed by atoms with Gasteiger partial charge >= 0.3 is 0 Å². The van der Waals surface area contributed by atoms with Gasteiger partial charge in [-0.2, -0.15) is 0 Å². The number of nitrogens with two attached hydrogens (primary N) is 1. The second kappa shape index (κ2) is 6.64. The van der Waals surface area contributed by atoms with Crippen molar-refractivity contribution >= 4 is 0 Å². The van der Waals surface area contributed by atoms with Gasteiger partial charge in [0.1, 0.15) is 0 Å². The van der Waals surface area contributed by atoms with Crippen LogP contribution in [0.3, 0.4) is 0 Å². The van der Waals surface area contributed by atoms with E-state index >= 15 is 0 Å². The zero-order chi connectivity index (χ0) is 11.1. The molecule has 1 saturated heterocycles. The second-order valence-electron chi connectivity index (χ2n) is 4.12. The van der Waals surface area contributed by atoms with Crippen molar-refractivity contribution in [2.45, 2.75) is 25.8 Å². The molecule has 0 radical (unpaired) electrons. The van der Waals surface area contributed by atoms with Gasteiger partial charge in [-0.1, -0.05) is 11.6 Å². The van der Waals surface area contributed by atoms with E-state index in [4.69, 9.17) is 10.5 Å². The maximum absolute atomic E-state index is 5.61. The van der Waals surface area contributed by atoms with Crippen molar-refractivity contribution in [2.24, 2.45) is 5.73 Å². The molecular formula is C12H22N2O. The molecule has 0 spiro atoms. The van der Waals surface area contributed by atoms with E-state index in [1.807, 2.05) is 13.0 Å². The van der Waals surface area contributed by atoms with Gasteiger partial charge in [0.2, 0.25) is 0 Å². The fourth-order valence-corrected chi connectivity index (χ4v) is 1.80. The van der Waals surface area contributed by atoms with Crippen LogP contribution in [-0.4, -0.2) is 37.7 Å². The Kier molecular flexibility index (Phi) is 5.43. The molecule has 15 heavy (non-hydrogen) atoms. The lowest BCUT2D eigenvalue weighted by Gasteiger charge is -2.18. The first-order chi connectivity index (χ1) is 7.24. The highest BCUT2D eigenvalue weighted by Gasteiger charge is 2.20. The van der Waals surface area contributed by atoms with E-state index in [9.17, 15) is 0 Å². The number of hydrogen-bond donors (Lipinski definition) is 1. The number of likely N-dealkylation sites (tertiary alicyclic amines) is 1. The summed E-state index contributed by atoms with van der Waals surface area (Å²) in [4.78, 5) is 2.37. The van der Waals surface area contributed by atoms with Crippen LogP contribution in [0, 0.1) is 0 Å². The number of ether oxygens (including phenoxy) is 1. The normalized spacial score (nSPS) is 24.1. The topological polar surface area (TPSA) is 38.5 Å². The summed E-state index contributed by atoms with van der Waals surface area (Å²) in [6, 6.07) is 0.615. The molecule has 0 aliphatic carbocycles. The van der Waals surface area contributed by atoms with E-state index in [1.165, 1.54) is 19.4 Å². The van der Waals surface area contributed by atoms with Gasteiger partial charge in [0.05, 0.1) is 13.2 Å². The van der Waals surface area contributed by atoms with Gasteiger partial charge in [-0.15, -0.1) is 0 Å². The average Bonchev–Trinajstić information content (AvgIpc) is 2.60. The fourth-order valence-electron chi connectivity index (χ4n) is 1.80. The highest BCUT2D eigenvalue weighted by atomic mass is 16.5. The van der Waals surface area contributed by atoms with E-state index in [2.05, 4.69) is 18.0 Å². The Bertz CT molecular complexity index is 236. The molecule has 3 nitrogen and oxygen atoms in total. The highest BCUT2D eigenvalue weighted by Crippen LogP contribution is 2.14. The molecule has 2 N–H and O–H groups in total. The summed E-state index contributed by atoms with van der Waals surface area (Å²) >= 11 is 0. The van der Waals surface area contributed by atoms with Crippen molar-refractivity contribution in [3.05, 3.63) is 23.9 Å². The van der Waals surface area contributed by atoms with Gasteiger partial charge in [0.25, 0.3) is 0 Å². The number of nitrogens with zero attached hydrogens (tertiary/aromatic N) is 1. The summed E-state index contributed by atoms with van der Waals surface area (Å²) < 4.78 is 5.61. The molecule has 0 aromatic rings. The Morgan fingerprint density at radius 3 is 3.00 bits per heavy atom. The molecule has 0 amide bonds. The Morgan fingerprint density at radius 2 is 2.40 bits per heavy atom. The van der Waals surface area contributed by atoms with E-state index < -0.39 is 0 Å². The molecule has 0 aromatic heterocycles. The predicted octanol–water partition coefficient (Wildman–Crippen LogP) is 1.52. The Balaban J connectivity index is 2.13. The van der Waals surface area contributed by atoms with Crippen LogP contribution in [0.2, 0.25) is 0 Å². The van der Waals surface area contributed by atoms with Crippen LogP contribution in [-0.2, 0) is 4.74 Å². The maximum atomic E-state index is 5.61. The molecule has 0 aromatic carbocycles. The van der Waals surface area contributed by atoms with Gasteiger partial charge in [0.15, 0.2) is 0 Å². The highest BCUT2D eigenvalue weighted by molar-refractivity contribution is 5.14. The van der Waals surface area contributed by atoms with Crippen LogP contribution >= 0.6 is 0 Å². The first kappa shape index (κ1) is 12.3. The average molecular weight is 210 g/mol. The Hall–Kier alpha value is -0.800. The Morgan fingerprint density at radius 1 is 1.60 bits per heavy atom. The molecule has 1 unspecified atom stereocenters.